The van der Waals surface area contributed by atoms with Crippen LogP contribution in [-0.4, -0.2) is 34.7 Å². The number of ether oxygens (including phenoxy) is 3. The van der Waals surface area contributed by atoms with Crippen LogP contribution in [-0.2, 0) is 11.3 Å². The molecule has 3 heterocycles. The van der Waals surface area contributed by atoms with E-state index in [-0.39, 0.29) is 29.9 Å². The molecule has 7 nitrogen and oxygen atoms in total. The number of carbonyl (C=O) groups is 2. The van der Waals surface area contributed by atoms with Crippen molar-refractivity contribution in [2.24, 2.45) is 0 Å². The average Bonchev–Trinajstić information content (AvgIpc) is 3.31. The summed E-state index contributed by atoms with van der Waals surface area (Å²) in [6, 6.07) is 10.7. The minimum Gasteiger partial charge on any atom is -0.454 e. The van der Waals surface area contributed by atoms with E-state index in [1.807, 2.05) is 36.6 Å². The summed E-state index contributed by atoms with van der Waals surface area (Å²) in [6.07, 6.45) is 1.47. The van der Waals surface area contributed by atoms with Crippen molar-refractivity contribution in [2.45, 2.75) is 20.4 Å². The quantitative estimate of drug-likeness (QED) is 0.337. The lowest BCUT2D eigenvalue weighted by molar-refractivity contribution is 0.0474. The van der Waals surface area contributed by atoms with E-state index in [1.165, 1.54) is 12.3 Å². The van der Waals surface area contributed by atoms with Gasteiger partial charge >= 0.3 is 5.97 Å². The Bertz CT molecular complexity index is 1140. The molecular weight excluding hydrogens is 408 g/mol. The molecule has 1 aliphatic rings. The van der Waals surface area contributed by atoms with Crippen LogP contribution in [0.25, 0.3) is 0 Å². The predicted molar refractivity (Wildman–Crippen MR) is 109 cm³/mol. The molecule has 0 saturated heterocycles. The van der Waals surface area contributed by atoms with Gasteiger partial charge in [0, 0.05) is 29.7 Å². The molecule has 0 aliphatic carbocycles. The Labute approximate surface area is 178 Å². The Balaban J connectivity index is 1.47. The van der Waals surface area contributed by atoms with Gasteiger partial charge in [-0.1, -0.05) is 17.7 Å². The highest BCUT2D eigenvalue weighted by Crippen LogP contribution is 2.33. The highest BCUT2D eigenvalue weighted by atomic mass is 35.5. The lowest BCUT2D eigenvalue weighted by atomic mass is 10.1. The normalized spacial score (nSPS) is 12.1. The number of benzene rings is 1. The van der Waals surface area contributed by atoms with E-state index in [0.717, 1.165) is 22.7 Å². The molecule has 154 valence electrons. The third kappa shape index (κ3) is 3.89. The number of Topliss-reactive ketones (excluding diaryl/α,β-unsaturated/α-hetero) is 1. The van der Waals surface area contributed by atoms with E-state index in [4.69, 9.17) is 25.8 Å². The van der Waals surface area contributed by atoms with Crippen LogP contribution in [0.3, 0.4) is 0 Å². The van der Waals surface area contributed by atoms with Crippen LogP contribution in [0.4, 0.5) is 0 Å². The smallest absolute Gasteiger partial charge is 0.341 e. The molecule has 0 saturated carbocycles. The largest absolute Gasteiger partial charge is 0.454 e. The molecule has 0 amide bonds. The van der Waals surface area contributed by atoms with E-state index < -0.39 is 5.97 Å². The van der Waals surface area contributed by atoms with Gasteiger partial charge in [0.1, 0.15) is 5.15 Å². The number of nitrogens with zero attached hydrogens (tertiary/aromatic N) is 2. The molecule has 0 radical (unpaired) electrons. The molecule has 3 aromatic rings. The second-order valence-electron chi connectivity index (χ2n) is 6.90. The maximum absolute atomic E-state index is 12.7. The number of aromatic nitrogens is 2. The monoisotopic (exact) mass is 426 g/mol. The van der Waals surface area contributed by atoms with Crippen LogP contribution in [0.5, 0.6) is 11.5 Å². The fourth-order valence-electron chi connectivity index (χ4n) is 3.37. The molecule has 1 aliphatic heterocycles. The first-order valence-corrected chi connectivity index (χ1v) is 9.68. The van der Waals surface area contributed by atoms with Gasteiger partial charge in [-0.15, -0.1) is 0 Å². The van der Waals surface area contributed by atoms with E-state index in [2.05, 4.69) is 4.98 Å². The fraction of sp³-hybridized carbons (Fsp3) is 0.227. The van der Waals surface area contributed by atoms with Crippen LogP contribution in [0.1, 0.15) is 37.7 Å². The summed E-state index contributed by atoms with van der Waals surface area (Å²) in [5.74, 6) is 0.474. The number of carbonyl (C=O) groups excluding carboxylic acids is 2. The van der Waals surface area contributed by atoms with Crippen molar-refractivity contribution in [2.75, 3.05) is 13.4 Å². The maximum Gasteiger partial charge on any atom is 0.341 e. The number of pyridine rings is 1. The van der Waals surface area contributed by atoms with E-state index >= 15 is 0 Å². The number of hydrogen-bond acceptors (Lipinski definition) is 6. The van der Waals surface area contributed by atoms with Crippen molar-refractivity contribution in [1.82, 2.24) is 9.55 Å². The van der Waals surface area contributed by atoms with E-state index in [1.54, 1.807) is 12.1 Å². The van der Waals surface area contributed by atoms with Gasteiger partial charge < -0.3 is 18.8 Å². The van der Waals surface area contributed by atoms with E-state index in [9.17, 15) is 9.59 Å². The lowest BCUT2D eigenvalue weighted by Crippen LogP contribution is -2.15. The Kier molecular flexibility index (Phi) is 5.46. The van der Waals surface area contributed by atoms with Gasteiger partial charge in [0.15, 0.2) is 18.1 Å². The van der Waals surface area contributed by atoms with Crippen LogP contribution in [0.15, 0.2) is 42.6 Å². The third-order valence-corrected chi connectivity index (χ3v) is 5.27. The summed E-state index contributed by atoms with van der Waals surface area (Å²) in [7, 11) is 0. The van der Waals surface area contributed by atoms with Gasteiger partial charge in [-0.2, -0.15) is 0 Å². The molecule has 30 heavy (non-hydrogen) atoms. The highest BCUT2D eigenvalue weighted by molar-refractivity contribution is 6.32. The van der Waals surface area contributed by atoms with Crippen molar-refractivity contribution in [3.05, 3.63) is 75.8 Å². The van der Waals surface area contributed by atoms with Gasteiger partial charge in [0.2, 0.25) is 12.6 Å². The first-order valence-electron chi connectivity index (χ1n) is 9.30. The van der Waals surface area contributed by atoms with Gasteiger partial charge in [0.25, 0.3) is 0 Å². The van der Waals surface area contributed by atoms with Gasteiger partial charge in [-0.05, 0) is 49.7 Å². The molecule has 2 aromatic heterocycles. The molecule has 0 atom stereocenters. The van der Waals surface area contributed by atoms with Gasteiger partial charge in [-0.3, -0.25) is 4.79 Å². The predicted octanol–water partition coefficient (Wildman–Crippen LogP) is 3.97. The lowest BCUT2D eigenvalue weighted by Gasteiger charge is -2.11. The number of rotatable bonds is 6. The molecule has 0 N–H and O–H groups in total. The van der Waals surface area contributed by atoms with Crippen LogP contribution >= 0.6 is 11.6 Å². The number of esters is 1. The molecular formula is C22H19ClN2O5. The third-order valence-electron chi connectivity index (χ3n) is 4.97. The summed E-state index contributed by atoms with van der Waals surface area (Å²) in [6.45, 7) is 4.22. The first kappa shape index (κ1) is 20.0. The molecule has 0 bridgehead atoms. The average molecular weight is 427 g/mol. The van der Waals surface area contributed by atoms with Gasteiger partial charge in [-0.25, -0.2) is 9.78 Å². The van der Waals surface area contributed by atoms with Crippen LogP contribution in [0, 0.1) is 13.8 Å². The molecule has 1 aromatic carbocycles. The van der Waals surface area contributed by atoms with Crippen molar-refractivity contribution in [3.8, 4) is 11.5 Å². The Morgan fingerprint density at radius 2 is 1.93 bits per heavy atom. The van der Waals surface area contributed by atoms with Crippen LogP contribution < -0.4 is 9.47 Å². The SMILES string of the molecule is Cc1cc(C(=O)COC(=O)c2cccnc2Cl)c(C)n1Cc1ccc2c(c1)OCO2. The Morgan fingerprint density at radius 1 is 1.13 bits per heavy atom. The second-order valence-corrected chi connectivity index (χ2v) is 7.26. The number of fused-ring (bicyclic) bond motifs is 1. The topological polar surface area (TPSA) is 79.7 Å². The van der Waals surface area contributed by atoms with Crippen molar-refractivity contribution < 1.29 is 23.8 Å². The standard InChI is InChI=1S/C22H19ClN2O5/c1-13-8-17(18(26)11-28-22(27)16-4-3-7-24-21(16)23)14(2)25(13)10-15-5-6-19-20(9-15)30-12-29-19/h3-9H,10-12H2,1-2H3. The molecule has 0 unspecified atom stereocenters. The summed E-state index contributed by atoms with van der Waals surface area (Å²) in [5.41, 5.74) is 3.39. The van der Waals surface area contributed by atoms with Crippen molar-refractivity contribution in [1.29, 1.82) is 0 Å². The fourth-order valence-corrected chi connectivity index (χ4v) is 3.57. The number of hydrogen-bond donors (Lipinski definition) is 0. The second kappa shape index (κ2) is 8.20. The zero-order valence-electron chi connectivity index (χ0n) is 16.5. The maximum atomic E-state index is 12.7. The summed E-state index contributed by atoms with van der Waals surface area (Å²) in [5, 5.41) is 0.0388. The van der Waals surface area contributed by atoms with Gasteiger partial charge in [0.05, 0.1) is 5.56 Å². The van der Waals surface area contributed by atoms with Crippen LogP contribution in [0.2, 0.25) is 5.15 Å². The minimum absolute atomic E-state index is 0.0388. The number of halogens is 1. The zero-order chi connectivity index (χ0) is 21.3. The number of ketones is 1. The zero-order valence-corrected chi connectivity index (χ0v) is 17.2. The summed E-state index contributed by atoms with van der Waals surface area (Å²) in [4.78, 5) is 28.7. The molecule has 0 spiro atoms. The molecule has 0 fully saturated rings. The Morgan fingerprint density at radius 3 is 2.73 bits per heavy atom. The van der Waals surface area contributed by atoms with Crippen molar-refractivity contribution >= 4 is 23.4 Å². The van der Waals surface area contributed by atoms with E-state index in [0.29, 0.717) is 17.9 Å². The number of aryl methyl sites for hydroxylation is 1. The first-order chi connectivity index (χ1) is 14.4. The molecule has 8 heteroatoms. The molecule has 4 rings (SSSR count). The Hall–Kier alpha value is -3.32. The van der Waals surface area contributed by atoms with Crippen molar-refractivity contribution in [3.63, 3.8) is 0 Å². The summed E-state index contributed by atoms with van der Waals surface area (Å²) < 4.78 is 18.0. The summed E-state index contributed by atoms with van der Waals surface area (Å²) >= 11 is 5.90. The minimum atomic E-state index is -0.685. The highest BCUT2D eigenvalue weighted by Gasteiger charge is 2.20.